The SMILES string of the molecule is CCCCN(CCCC)CCCN1CC(CO)CC1=O. The first-order valence-corrected chi connectivity index (χ1v) is 8.32. The third kappa shape index (κ3) is 6.23. The zero-order valence-electron chi connectivity index (χ0n) is 13.3. The normalized spacial score (nSPS) is 19.3. The van der Waals surface area contributed by atoms with Gasteiger partial charge in [0.25, 0.3) is 0 Å². The summed E-state index contributed by atoms with van der Waals surface area (Å²) in [5, 5.41) is 9.12. The molecular weight excluding hydrogens is 252 g/mol. The largest absolute Gasteiger partial charge is 0.396 e. The highest BCUT2D eigenvalue weighted by Gasteiger charge is 2.28. The summed E-state index contributed by atoms with van der Waals surface area (Å²) in [5.74, 6) is 0.386. The van der Waals surface area contributed by atoms with E-state index >= 15 is 0 Å². The van der Waals surface area contributed by atoms with Crippen molar-refractivity contribution in [2.45, 2.75) is 52.4 Å². The average Bonchev–Trinajstić information content (AvgIpc) is 2.82. The van der Waals surface area contributed by atoms with Crippen LogP contribution in [0.25, 0.3) is 0 Å². The van der Waals surface area contributed by atoms with Crippen molar-refractivity contribution in [2.24, 2.45) is 5.92 Å². The van der Waals surface area contributed by atoms with Crippen molar-refractivity contribution >= 4 is 5.91 Å². The molecule has 4 heteroatoms. The topological polar surface area (TPSA) is 43.8 Å². The maximum atomic E-state index is 11.8. The molecule has 1 aliphatic heterocycles. The van der Waals surface area contributed by atoms with Crippen LogP contribution >= 0.6 is 0 Å². The zero-order chi connectivity index (χ0) is 14.8. The van der Waals surface area contributed by atoms with Crippen LogP contribution < -0.4 is 0 Å². The summed E-state index contributed by atoms with van der Waals surface area (Å²) in [5.41, 5.74) is 0. The van der Waals surface area contributed by atoms with Crippen molar-refractivity contribution in [1.29, 1.82) is 0 Å². The molecule has 1 fully saturated rings. The summed E-state index contributed by atoms with van der Waals surface area (Å²) in [7, 11) is 0. The van der Waals surface area contributed by atoms with Crippen LogP contribution in [0.4, 0.5) is 0 Å². The smallest absolute Gasteiger partial charge is 0.223 e. The Hall–Kier alpha value is -0.610. The molecule has 0 spiro atoms. The van der Waals surface area contributed by atoms with E-state index in [9.17, 15) is 4.79 Å². The van der Waals surface area contributed by atoms with Gasteiger partial charge in [0, 0.05) is 32.0 Å². The third-order valence-corrected chi connectivity index (χ3v) is 4.11. The molecule has 1 aliphatic rings. The summed E-state index contributed by atoms with van der Waals surface area (Å²) < 4.78 is 0. The van der Waals surface area contributed by atoms with E-state index in [0.29, 0.717) is 6.42 Å². The molecule has 4 nitrogen and oxygen atoms in total. The average molecular weight is 284 g/mol. The van der Waals surface area contributed by atoms with Crippen LogP contribution in [-0.2, 0) is 4.79 Å². The second kappa shape index (κ2) is 10.2. The van der Waals surface area contributed by atoms with Gasteiger partial charge in [-0.15, -0.1) is 0 Å². The molecule has 1 unspecified atom stereocenters. The minimum Gasteiger partial charge on any atom is -0.396 e. The number of amides is 1. The molecule has 1 atom stereocenters. The first kappa shape index (κ1) is 17.4. The zero-order valence-corrected chi connectivity index (χ0v) is 13.3. The lowest BCUT2D eigenvalue weighted by Gasteiger charge is -2.23. The highest BCUT2D eigenvalue weighted by molar-refractivity contribution is 5.78. The molecule has 118 valence electrons. The summed E-state index contributed by atoms with van der Waals surface area (Å²) in [6, 6.07) is 0. The predicted octanol–water partition coefficient (Wildman–Crippen LogP) is 2.12. The number of hydrogen-bond acceptors (Lipinski definition) is 3. The van der Waals surface area contributed by atoms with Crippen molar-refractivity contribution in [3.63, 3.8) is 0 Å². The number of unbranched alkanes of at least 4 members (excludes halogenated alkanes) is 2. The number of carbonyl (C=O) groups is 1. The van der Waals surface area contributed by atoms with Crippen molar-refractivity contribution in [1.82, 2.24) is 9.80 Å². The molecule has 1 N–H and O–H groups in total. The molecule has 1 saturated heterocycles. The Kier molecular flexibility index (Phi) is 8.86. The van der Waals surface area contributed by atoms with Crippen molar-refractivity contribution in [3.8, 4) is 0 Å². The fourth-order valence-corrected chi connectivity index (χ4v) is 2.78. The fourth-order valence-electron chi connectivity index (χ4n) is 2.78. The number of carbonyl (C=O) groups excluding carboxylic acids is 1. The molecule has 1 rings (SSSR count). The third-order valence-electron chi connectivity index (χ3n) is 4.11. The van der Waals surface area contributed by atoms with Crippen LogP contribution in [0.3, 0.4) is 0 Å². The van der Waals surface area contributed by atoms with Crippen LogP contribution in [0.5, 0.6) is 0 Å². The van der Waals surface area contributed by atoms with Crippen molar-refractivity contribution in [3.05, 3.63) is 0 Å². The van der Waals surface area contributed by atoms with Gasteiger partial charge >= 0.3 is 0 Å². The summed E-state index contributed by atoms with van der Waals surface area (Å²) in [6.07, 6.45) is 6.60. The second-order valence-electron chi connectivity index (χ2n) is 5.99. The van der Waals surface area contributed by atoms with Crippen molar-refractivity contribution < 1.29 is 9.90 Å². The Morgan fingerprint density at radius 2 is 1.75 bits per heavy atom. The number of hydrogen-bond donors (Lipinski definition) is 1. The first-order chi connectivity index (χ1) is 9.71. The molecule has 0 aliphatic carbocycles. The van der Waals surface area contributed by atoms with Crippen LogP contribution in [0, 0.1) is 5.92 Å². The lowest BCUT2D eigenvalue weighted by molar-refractivity contribution is -0.127. The predicted molar refractivity (Wildman–Crippen MR) is 82.6 cm³/mol. The first-order valence-electron chi connectivity index (χ1n) is 8.32. The van der Waals surface area contributed by atoms with E-state index in [1.807, 2.05) is 4.90 Å². The van der Waals surface area contributed by atoms with Gasteiger partial charge in [0.05, 0.1) is 0 Å². The van der Waals surface area contributed by atoms with Crippen LogP contribution in [-0.4, -0.2) is 60.1 Å². The number of rotatable bonds is 11. The van der Waals surface area contributed by atoms with Crippen LogP contribution in [0.15, 0.2) is 0 Å². The van der Waals surface area contributed by atoms with E-state index in [1.54, 1.807) is 0 Å². The highest BCUT2D eigenvalue weighted by Crippen LogP contribution is 2.17. The van der Waals surface area contributed by atoms with E-state index in [2.05, 4.69) is 18.7 Å². The lowest BCUT2D eigenvalue weighted by atomic mass is 10.1. The summed E-state index contributed by atoms with van der Waals surface area (Å²) in [6.45, 7) is 9.66. The number of aliphatic hydroxyl groups excluding tert-OH is 1. The molecule has 1 heterocycles. The molecule has 0 radical (unpaired) electrons. The minimum atomic E-state index is 0.140. The molecular formula is C16H32N2O2. The van der Waals surface area contributed by atoms with E-state index < -0.39 is 0 Å². The van der Waals surface area contributed by atoms with Crippen molar-refractivity contribution in [2.75, 3.05) is 39.3 Å². The maximum Gasteiger partial charge on any atom is 0.223 e. The van der Waals surface area contributed by atoms with E-state index in [1.165, 1.54) is 38.8 Å². The quantitative estimate of drug-likeness (QED) is 0.632. The Morgan fingerprint density at radius 1 is 1.15 bits per heavy atom. The van der Waals surface area contributed by atoms with E-state index in [0.717, 1.165) is 26.1 Å². The molecule has 0 aromatic carbocycles. The Labute approximate surface area is 124 Å². The molecule has 0 aromatic rings. The summed E-state index contributed by atoms with van der Waals surface area (Å²) >= 11 is 0. The van der Waals surface area contributed by atoms with E-state index in [4.69, 9.17) is 5.11 Å². The summed E-state index contributed by atoms with van der Waals surface area (Å²) in [4.78, 5) is 16.2. The minimum absolute atomic E-state index is 0.140. The Bertz CT molecular complexity index is 263. The standard InChI is InChI=1S/C16H32N2O2/c1-3-5-8-17(9-6-4-2)10-7-11-18-13-15(14-19)12-16(18)20/h15,19H,3-14H2,1-2H3. The van der Waals surface area contributed by atoms with Gasteiger partial charge in [0.2, 0.25) is 5.91 Å². The van der Waals surface area contributed by atoms with Gasteiger partial charge < -0.3 is 14.9 Å². The van der Waals surface area contributed by atoms with Crippen LogP contribution in [0.2, 0.25) is 0 Å². The maximum absolute atomic E-state index is 11.8. The molecule has 1 amide bonds. The van der Waals surface area contributed by atoms with Crippen LogP contribution in [0.1, 0.15) is 52.4 Å². The Morgan fingerprint density at radius 3 is 2.25 bits per heavy atom. The number of nitrogens with zero attached hydrogens (tertiary/aromatic N) is 2. The van der Waals surface area contributed by atoms with Gasteiger partial charge in [-0.25, -0.2) is 0 Å². The van der Waals surface area contributed by atoms with Gasteiger partial charge in [0.1, 0.15) is 0 Å². The van der Waals surface area contributed by atoms with Gasteiger partial charge in [-0.1, -0.05) is 26.7 Å². The molecule has 20 heavy (non-hydrogen) atoms. The highest BCUT2D eigenvalue weighted by atomic mass is 16.3. The van der Waals surface area contributed by atoms with Gasteiger partial charge in [-0.05, 0) is 38.9 Å². The Balaban J connectivity index is 2.23. The van der Waals surface area contributed by atoms with Gasteiger partial charge in [-0.2, -0.15) is 0 Å². The fraction of sp³-hybridized carbons (Fsp3) is 0.938. The monoisotopic (exact) mass is 284 g/mol. The molecule has 0 saturated carbocycles. The molecule has 0 bridgehead atoms. The number of likely N-dealkylation sites (tertiary alicyclic amines) is 1. The number of aliphatic hydroxyl groups is 1. The lowest BCUT2D eigenvalue weighted by Crippen LogP contribution is -2.32. The second-order valence-corrected chi connectivity index (χ2v) is 5.99. The van der Waals surface area contributed by atoms with E-state index in [-0.39, 0.29) is 18.4 Å². The van der Waals surface area contributed by atoms with Gasteiger partial charge in [0.15, 0.2) is 0 Å². The molecule has 0 aromatic heterocycles. The van der Waals surface area contributed by atoms with Gasteiger partial charge in [-0.3, -0.25) is 4.79 Å².